The summed E-state index contributed by atoms with van der Waals surface area (Å²) in [6, 6.07) is 0. The van der Waals surface area contributed by atoms with E-state index in [4.69, 9.17) is 0 Å². The fraction of sp³-hybridized carbons (Fsp3) is 0.862. The SMILES string of the molecule is CC(C)(C)CCCCNC(=O)CCCCCCC(=O)CCCCCN1C(=O)CC(C(C)(C)C)C1=O. The molecule has 3 amide bonds. The molecule has 0 aromatic carbocycles. The minimum absolute atomic E-state index is 0.0350. The first kappa shape index (κ1) is 31.3. The maximum atomic E-state index is 12.5. The van der Waals surface area contributed by atoms with Crippen LogP contribution in [0.3, 0.4) is 0 Å². The van der Waals surface area contributed by atoms with Crippen LogP contribution in [0.15, 0.2) is 0 Å². The zero-order valence-electron chi connectivity index (χ0n) is 23.5. The second kappa shape index (κ2) is 15.4. The van der Waals surface area contributed by atoms with Crippen molar-refractivity contribution in [3.05, 3.63) is 0 Å². The summed E-state index contributed by atoms with van der Waals surface area (Å²) < 4.78 is 0. The van der Waals surface area contributed by atoms with Gasteiger partial charge in [0.25, 0.3) is 0 Å². The van der Waals surface area contributed by atoms with Crippen molar-refractivity contribution in [2.75, 3.05) is 13.1 Å². The highest BCUT2D eigenvalue weighted by Crippen LogP contribution is 2.35. The van der Waals surface area contributed by atoms with Crippen LogP contribution in [-0.4, -0.2) is 41.5 Å². The summed E-state index contributed by atoms with van der Waals surface area (Å²) in [6.07, 6.45) is 11.6. The predicted octanol–water partition coefficient (Wildman–Crippen LogP) is 6.21. The number of Topliss-reactive ketones (excluding diaryl/α,β-unsaturated/α-hetero) is 1. The third-order valence-electron chi connectivity index (χ3n) is 6.91. The third-order valence-corrected chi connectivity index (χ3v) is 6.91. The van der Waals surface area contributed by atoms with Gasteiger partial charge in [-0.2, -0.15) is 0 Å². The van der Waals surface area contributed by atoms with Gasteiger partial charge < -0.3 is 5.32 Å². The fourth-order valence-electron chi connectivity index (χ4n) is 4.55. The van der Waals surface area contributed by atoms with E-state index in [2.05, 4.69) is 26.1 Å². The van der Waals surface area contributed by atoms with E-state index in [1.807, 2.05) is 20.8 Å². The molecule has 0 aromatic rings. The Labute approximate surface area is 214 Å². The molecule has 1 unspecified atom stereocenters. The summed E-state index contributed by atoms with van der Waals surface area (Å²) in [4.78, 5) is 50.1. The molecule has 1 rings (SSSR count). The zero-order chi connectivity index (χ0) is 26.5. The van der Waals surface area contributed by atoms with Gasteiger partial charge in [-0.1, -0.05) is 67.2 Å². The lowest BCUT2D eigenvalue weighted by atomic mass is 9.80. The first-order valence-electron chi connectivity index (χ1n) is 13.9. The molecule has 1 saturated heterocycles. The van der Waals surface area contributed by atoms with E-state index in [0.717, 1.165) is 64.3 Å². The van der Waals surface area contributed by atoms with Crippen molar-refractivity contribution in [3.63, 3.8) is 0 Å². The van der Waals surface area contributed by atoms with Crippen LogP contribution in [0.5, 0.6) is 0 Å². The molecule has 6 nitrogen and oxygen atoms in total. The number of imide groups is 1. The van der Waals surface area contributed by atoms with Crippen LogP contribution in [-0.2, 0) is 19.2 Å². The standard InChI is InChI=1S/C29H52N2O4/c1-28(2,3)19-13-14-20-30-25(33)18-12-8-7-10-16-23(32)17-11-9-15-21-31-26(34)22-24(27(31)35)29(4,5)6/h24H,7-22H2,1-6H3,(H,30,33). The fourth-order valence-corrected chi connectivity index (χ4v) is 4.55. The summed E-state index contributed by atoms with van der Waals surface area (Å²) in [5.74, 6) is 0.128. The Kier molecular flexibility index (Phi) is 13.8. The minimum atomic E-state index is -0.214. The molecule has 1 aliphatic rings. The van der Waals surface area contributed by atoms with E-state index < -0.39 is 0 Å². The molecule has 0 radical (unpaired) electrons. The lowest BCUT2D eigenvalue weighted by Crippen LogP contribution is -2.34. The molecule has 0 bridgehead atoms. The molecule has 0 saturated carbocycles. The van der Waals surface area contributed by atoms with E-state index in [1.165, 1.54) is 11.3 Å². The summed E-state index contributed by atoms with van der Waals surface area (Å²) in [7, 11) is 0. The third kappa shape index (κ3) is 13.8. The molecule has 1 atom stereocenters. The Morgan fingerprint density at radius 2 is 1.37 bits per heavy atom. The maximum Gasteiger partial charge on any atom is 0.233 e. The van der Waals surface area contributed by atoms with Crippen LogP contribution in [0.2, 0.25) is 0 Å². The molecule has 1 aliphatic heterocycles. The van der Waals surface area contributed by atoms with Crippen molar-refractivity contribution in [1.29, 1.82) is 0 Å². The Morgan fingerprint density at radius 1 is 0.800 bits per heavy atom. The molecule has 0 aromatic heterocycles. The van der Waals surface area contributed by atoms with E-state index in [9.17, 15) is 19.2 Å². The van der Waals surface area contributed by atoms with Crippen molar-refractivity contribution >= 4 is 23.5 Å². The molecule has 1 heterocycles. The molecule has 6 heteroatoms. The second-order valence-corrected chi connectivity index (χ2v) is 12.6. The van der Waals surface area contributed by atoms with Gasteiger partial charge in [0.15, 0.2) is 0 Å². The number of carbonyl (C=O) groups is 4. The molecular formula is C29H52N2O4. The number of unbranched alkanes of at least 4 members (excludes halogenated alkanes) is 6. The smallest absolute Gasteiger partial charge is 0.233 e. The van der Waals surface area contributed by atoms with Crippen molar-refractivity contribution in [1.82, 2.24) is 10.2 Å². The van der Waals surface area contributed by atoms with Gasteiger partial charge >= 0.3 is 0 Å². The Morgan fingerprint density at radius 3 is 1.91 bits per heavy atom. The quantitative estimate of drug-likeness (QED) is 0.193. The Balaban J connectivity index is 1.98. The van der Waals surface area contributed by atoms with Crippen LogP contribution in [0.25, 0.3) is 0 Å². The minimum Gasteiger partial charge on any atom is -0.356 e. The van der Waals surface area contributed by atoms with E-state index in [0.29, 0.717) is 43.4 Å². The number of nitrogens with one attached hydrogen (secondary N) is 1. The van der Waals surface area contributed by atoms with Crippen molar-refractivity contribution in [2.24, 2.45) is 16.7 Å². The van der Waals surface area contributed by atoms with Gasteiger partial charge in [0, 0.05) is 38.8 Å². The van der Waals surface area contributed by atoms with E-state index in [-0.39, 0.29) is 29.1 Å². The van der Waals surface area contributed by atoms with Gasteiger partial charge in [-0.25, -0.2) is 0 Å². The van der Waals surface area contributed by atoms with Crippen molar-refractivity contribution in [2.45, 2.75) is 131 Å². The molecule has 1 N–H and O–H groups in total. The first-order valence-corrected chi connectivity index (χ1v) is 13.9. The Bertz CT molecular complexity index is 688. The summed E-state index contributed by atoms with van der Waals surface area (Å²) in [6.45, 7) is 14.0. The van der Waals surface area contributed by atoms with Gasteiger partial charge in [-0.3, -0.25) is 24.1 Å². The maximum absolute atomic E-state index is 12.5. The number of amides is 3. The van der Waals surface area contributed by atoms with Crippen LogP contribution >= 0.6 is 0 Å². The average molecular weight is 493 g/mol. The predicted molar refractivity (Wildman–Crippen MR) is 142 cm³/mol. The highest BCUT2D eigenvalue weighted by molar-refractivity contribution is 6.03. The van der Waals surface area contributed by atoms with Crippen LogP contribution in [0, 0.1) is 16.7 Å². The number of hydrogen-bond donors (Lipinski definition) is 1. The lowest BCUT2D eigenvalue weighted by Gasteiger charge is -2.24. The number of rotatable bonds is 17. The average Bonchev–Trinajstić information content (AvgIpc) is 3.03. The topological polar surface area (TPSA) is 83.6 Å². The second-order valence-electron chi connectivity index (χ2n) is 12.6. The highest BCUT2D eigenvalue weighted by atomic mass is 16.2. The number of likely N-dealkylation sites (tertiary alicyclic amines) is 1. The van der Waals surface area contributed by atoms with Gasteiger partial charge in [-0.05, 0) is 49.4 Å². The zero-order valence-corrected chi connectivity index (χ0v) is 23.5. The van der Waals surface area contributed by atoms with Crippen LogP contribution in [0.1, 0.15) is 131 Å². The van der Waals surface area contributed by atoms with Crippen molar-refractivity contribution < 1.29 is 19.2 Å². The highest BCUT2D eigenvalue weighted by Gasteiger charge is 2.44. The molecule has 202 valence electrons. The number of hydrogen-bond acceptors (Lipinski definition) is 4. The summed E-state index contributed by atoms with van der Waals surface area (Å²) in [5, 5.41) is 3.01. The summed E-state index contributed by atoms with van der Waals surface area (Å²) in [5.41, 5.74) is 0.171. The molecule has 0 aliphatic carbocycles. The van der Waals surface area contributed by atoms with E-state index in [1.54, 1.807) is 0 Å². The largest absolute Gasteiger partial charge is 0.356 e. The van der Waals surface area contributed by atoms with Crippen LogP contribution in [0.4, 0.5) is 0 Å². The molecule has 35 heavy (non-hydrogen) atoms. The summed E-state index contributed by atoms with van der Waals surface area (Å²) >= 11 is 0. The monoisotopic (exact) mass is 492 g/mol. The molecular weight excluding hydrogens is 440 g/mol. The Hall–Kier alpha value is -1.72. The van der Waals surface area contributed by atoms with Gasteiger partial charge in [0.1, 0.15) is 5.78 Å². The normalized spacial score (nSPS) is 16.7. The van der Waals surface area contributed by atoms with Gasteiger partial charge in [-0.15, -0.1) is 0 Å². The van der Waals surface area contributed by atoms with Gasteiger partial charge in [0.2, 0.25) is 17.7 Å². The molecule has 1 fully saturated rings. The number of ketones is 1. The number of nitrogens with zero attached hydrogens (tertiary/aromatic N) is 1. The van der Waals surface area contributed by atoms with Crippen molar-refractivity contribution in [3.8, 4) is 0 Å². The lowest BCUT2D eigenvalue weighted by molar-refractivity contribution is -0.140. The van der Waals surface area contributed by atoms with Gasteiger partial charge in [0.05, 0.1) is 5.92 Å². The molecule has 0 spiro atoms. The van der Waals surface area contributed by atoms with Crippen LogP contribution < -0.4 is 5.32 Å². The number of carbonyl (C=O) groups excluding carboxylic acids is 4. The first-order chi connectivity index (χ1) is 16.3. The van der Waals surface area contributed by atoms with E-state index >= 15 is 0 Å².